The Hall–Kier alpha value is -2.62. The van der Waals surface area contributed by atoms with Crippen LogP contribution in [0.1, 0.15) is 24.2 Å². The molecule has 0 saturated carbocycles. The first kappa shape index (κ1) is 19.2. The molecule has 9 nitrogen and oxygen atoms in total. The van der Waals surface area contributed by atoms with Crippen molar-refractivity contribution in [2.24, 2.45) is 7.05 Å². The Morgan fingerprint density at radius 1 is 1.37 bits per heavy atom. The van der Waals surface area contributed by atoms with E-state index in [0.29, 0.717) is 19.6 Å². The molecule has 2 aromatic heterocycles. The zero-order chi connectivity index (χ0) is 19.6. The van der Waals surface area contributed by atoms with Gasteiger partial charge in [0.15, 0.2) is 5.13 Å². The molecular formula is C17H25N7O2S. The maximum Gasteiger partial charge on any atom is 0.317 e. The largest absolute Gasteiger partial charge is 0.354 e. The predicted octanol–water partition coefficient (Wildman–Crippen LogP) is 0.756. The zero-order valence-electron chi connectivity index (χ0n) is 16.0. The van der Waals surface area contributed by atoms with Crippen LogP contribution in [0.3, 0.4) is 0 Å². The van der Waals surface area contributed by atoms with Crippen molar-refractivity contribution in [3.05, 3.63) is 29.0 Å². The summed E-state index contributed by atoms with van der Waals surface area (Å²) in [5, 5.41) is 12.9. The SMILES string of the molecule is CC(=O)N[C@@H]1CN(C(=O)NCc2csc(N(C)C)n2)C[C@H]1c1ccnn1C. The summed E-state index contributed by atoms with van der Waals surface area (Å²) in [5.74, 6) is -0.0973. The van der Waals surface area contributed by atoms with E-state index >= 15 is 0 Å². The first-order valence-corrected chi connectivity index (χ1v) is 9.62. The third-order valence-corrected chi connectivity index (χ3v) is 5.63. The molecule has 10 heteroatoms. The number of thiazole rings is 1. The van der Waals surface area contributed by atoms with Gasteiger partial charge in [0.1, 0.15) is 0 Å². The second kappa shape index (κ2) is 7.95. The highest BCUT2D eigenvalue weighted by Gasteiger charge is 2.38. The number of amides is 3. The second-order valence-electron chi connectivity index (χ2n) is 6.87. The fraction of sp³-hybridized carbons (Fsp3) is 0.529. The van der Waals surface area contributed by atoms with E-state index in [-0.39, 0.29) is 23.9 Å². The highest BCUT2D eigenvalue weighted by atomic mass is 32.1. The van der Waals surface area contributed by atoms with Crippen LogP contribution in [0.5, 0.6) is 0 Å². The van der Waals surface area contributed by atoms with Gasteiger partial charge in [-0.2, -0.15) is 5.10 Å². The minimum absolute atomic E-state index is 0.00626. The van der Waals surface area contributed by atoms with E-state index in [1.165, 1.54) is 6.92 Å². The molecule has 2 aromatic rings. The van der Waals surface area contributed by atoms with Gasteiger partial charge in [0.05, 0.1) is 18.3 Å². The number of aryl methyl sites for hydroxylation is 1. The van der Waals surface area contributed by atoms with Crippen LogP contribution in [-0.2, 0) is 18.4 Å². The third kappa shape index (κ3) is 4.38. The lowest BCUT2D eigenvalue weighted by Gasteiger charge is -2.18. The highest BCUT2D eigenvalue weighted by Crippen LogP contribution is 2.27. The van der Waals surface area contributed by atoms with Gasteiger partial charge in [0, 0.05) is 64.3 Å². The van der Waals surface area contributed by atoms with Crippen LogP contribution in [0.25, 0.3) is 0 Å². The molecule has 1 aliphatic heterocycles. The van der Waals surface area contributed by atoms with Gasteiger partial charge < -0.3 is 20.4 Å². The summed E-state index contributed by atoms with van der Waals surface area (Å²) in [6.45, 7) is 2.85. The molecular weight excluding hydrogens is 366 g/mol. The quantitative estimate of drug-likeness (QED) is 0.785. The standard InChI is InChI=1S/C17H25N7O2S/c1-11(25)20-14-9-24(8-13(14)15-5-6-19-23(15)4)16(26)18-7-12-10-27-17(21-12)22(2)3/h5-6,10,13-14H,7-9H2,1-4H3,(H,18,26)(H,20,25)/t13-,14-/m1/s1. The van der Waals surface area contributed by atoms with E-state index < -0.39 is 0 Å². The van der Waals surface area contributed by atoms with Crippen molar-refractivity contribution in [3.8, 4) is 0 Å². The van der Waals surface area contributed by atoms with Crippen molar-refractivity contribution in [2.75, 3.05) is 32.1 Å². The molecule has 2 atom stereocenters. The number of carbonyl (C=O) groups is 2. The monoisotopic (exact) mass is 391 g/mol. The third-order valence-electron chi connectivity index (χ3n) is 4.58. The molecule has 1 aliphatic rings. The van der Waals surface area contributed by atoms with Crippen LogP contribution in [-0.4, -0.2) is 64.8 Å². The van der Waals surface area contributed by atoms with Crippen LogP contribution in [0, 0.1) is 0 Å². The minimum Gasteiger partial charge on any atom is -0.354 e. The Labute approximate surface area is 162 Å². The van der Waals surface area contributed by atoms with E-state index in [1.807, 2.05) is 37.5 Å². The summed E-state index contributed by atoms with van der Waals surface area (Å²) in [7, 11) is 5.74. The van der Waals surface area contributed by atoms with Crippen LogP contribution >= 0.6 is 11.3 Å². The van der Waals surface area contributed by atoms with Crippen LogP contribution in [0.2, 0.25) is 0 Å². The van der Waals surface area contributed by atoms with Crippen molar-refractivity contribution in [3.63, 3.8) is 0 Å². The maximum atomic E-state index is 12.6. The van der Waals surface area contributed by atoms with Gasteiger partial charge in [-0.15, -0.1) is 11.3 Å². The molecule has 3 heterocycles. The Morgan fingerprint density at radius 3 is 2.74 bits per heavy atom. The second-order valence-corrected chi connectivity index (χ2v) is 7.71. The molecule has 0 spiro atoms. The van der Waals surface area contributed by atoms with Gasteiger partial charge >= 0.3 is 6.03 Å². The zero-order valence-corrected chi connectivity index (χ0v) is 16.8. The summed E-state index contributed by atoms with van der Waals surface area (Å²) in [6, 6.07) is 1.64. The molecule has 0 aliphatic carbocycles. The lowest BCUT2D eigenvalue weighted by atomic mass is 9.99. The smallest absolute Gasteiger partial charge is 0.317 e. The Morgan fingerprint density at radius 2 is 2.15 bits per heavy atom. The number of urea groups is 1. The summed E-state index contributed by atoms with van der Waals surface area (Å²) < 4.78 is 1.79. The average molecular weight is 392 g/mol. The van der Waals surface area contributed by atoms with Gasteiger partial charge in [-0.1, -0.05) is 0 Å². The molecule has 0 aromatic carbocycles. The topological polar surface area (TPSA) is 95.4 Å². The summed E-state index contributed by atoms with van der Waals surface area (Å²) in [5.41, 5.74) is 1.83. The number of nitrogens with zero attached hydrogens (tertiary/aromatic N) is 5. The summed E-state index contributed by atoms with van der Waals surface area (Å²) >= 11 is 1.54. The molecule has 1 saturated heterocycles. The van der Waals surface area contributed by atoms with Gasteiger partial charge in [-0.25, -0.2) is 9.78 Å². The lowest BCUT2D eigenvalue weighted by molar-refractivity contribution is -0.119. The summed E-state index contributed by atoms with van der Waals surface area (Å²) in [4.78, 5) is 32.4. The van der Waals surface area contributed by atoms with Crippen molar-refractivity contribution in [1.82, 2.24) is 30.3 Å². The minimum atomic E-state index is -0.158. The van der Waals surface area contributed by atoms with Gasteiger partial charge in [0.2, 0.25) is 5.91 Å². The van der Waals surface area contributed by atoms with E-state index in [0.717, 1.165) is 16.5 Å². The van der Waals surface area contributed by atoms with Crippen molar-refractivity contribution in [1.29, 1.82) is 0 Å². The number of hydrogen-bond donors (Lipinski definition) is 2. The van der Waals surface area contributed by atoms with Gasteiger partial charge in [-0.3, -0.25) is 9.48 Å². The molecule has 27 heavy (non-hydrogen) atoms. The fourth-order valence-corrected chi connectivity index (χ4v) is 4.04. The molecule has 0 unspecified atom stereocenters. The van der Waals surface area contributed by atoms with Crippen LogP contribution in [0.4, 0.5) is 9.93 Å². The Balaban J connectivity index is 1.64. The normalized spacial score (nSPS) is 19.2. The number of rotatable bonds is 5. The fourth-order valence-electron chi connectivity index (χ4n) is 3.29. The van der Waals surface area contributed by atoms with E-state index in [9.17, 15) is 9.59 Å². The molecule has 3 amide bonds. The van der Waals surface area contributed by atoms with E-state index in [4.69, 9.17) is 0 Å². The van der Waals surface area contributed by atoms with Crippen LogP contribution < -0.4 is 15.5 Å². The molecule has 3 rings (SSSR count). The highest BCUT2D eigenvalue weighted by molar-refractivity contribution is 7.13. The number of aromatic nitrogens is 3. The Kier molecular flexibility index (Phi) is 5.64. The average Bonchev–Trinajstić information content (AvgIpc) is 3.31. The van der Waals surface area contributed by atoms with E-state index in [2.05, 4.69) is 20.7 Å². The van der Waals surface area contributed by atoms with Crippen molar-refractivity contribution >= 4 is 28.4 Å². The van der Waals surface area contributed by atoms with E-state index in [1.54, 1.807) is 27.1 Å². The first-order valence-electron chi connectivity index (χ1n) is 8.74. The number of carbonyl (C=O) groups excluding carboxylic acids is 2. The van der Waals surface area contributed by atoms with Gasteiger partial charge in [-0.05, 0) is 6.07 Å². The van der Waals surface area contributed by atoms with Crippen molar-refractivity contribution < 1.29 is 9.59 Å². The maximum absolute atomic E-state index is 12.6. The molecule has 0 bridgehead atoms. The Bertz CT molecular complexity index is 816. The molecule has 1 fully saturated rings. The number of likely N-dealkylation sites (tertiary alicyclic amines) is 1. The molecule has 146 valence electrons. The lowest BCUT2D eigenvalue weighted by Crippen LogP contribution is -2.42. The molecule has 2 N–H and O–H groups in total. The predicted molar refractivity (Wildman–Crippen MR) is 104 cm³/mol. The van der Waals surface area contributed by atoms with Crippen molar-refractivity contribution in [2.45, 2.75) is 25.4 Å². The van der Waals surface area contributed by atoms with Gasteiger partial charge in [0.25, 0.3) is 0 Å². The van der Waals surface area contributed by atoms with Crippen LogP contribution in [0.15, 0.2) is 17.6 Å². The number of nitrogens with one attached hydrogen (secondary N) is 2. The number of anilines is 1. The summed E-state index contributed by atoms with van der Waals surface area (Å²) in [6.07, 6.45) is 1.73. The number of hydrogen-bond acceptors (Lipinski definition) is 6. The molecule has 0 radical (unpaired) electrons. The first-order chi connectivity index (χ1) is 12.8.